The molecule has 0 radical (unpaired) electrons. The molecule has 0 saturated heterocycles. The van der Waals surface area contributed by atoms with E-state index in [0.29, 0.717) is 6.54 Å². The van der Waals surface area contributed by atoms with Crippen LogP contribution < -0.4 is 11.2 Å². The first kappa shape index (κ1) is 13.7. The molecule has 6 nitrogen and oxygen atoms in total. The Morgan fingerprint density at radius 2 is 1.94 bits per heavy atom. The quantitative estimate of drug-likeness (QED) is 0.712. The van der Waals surface area contributed by atoms with Gasteiger partial charge >= 0.3 is 5.69 Å². The summed E-state index contributed by atoms with van der Waals surface area (Å²) in [7, 11) is -3.06. The van der Waals surface area contributed by atoms with Crippen LogP contribution in [0.15, 0.2) is 21.9 Å². The molecule has 0 fully saturated rings. The molecule has 0 aliphatic carbocycles. The summed E-state index contributed by atoms with van der Waals surface area (Å²) in [4.78, 5) is 23.2. The van der Waals surface area contributed by atoms with Crippen LogP contribution in [-0.4, -0.2) is 29.6 Å². The predicted molar refractivity (Wildman–Crippen MR) is 65.0 cm³/mol. The van der Waals surface area contributed by atoms with Crippen molar-refractivity contribution in [2.75, 3.05) is 12.0 Å². The van der Waals surface area contributed by atoms with Gasteiger partial charge < -0.3 is 4.57 Å². The van der Waals surface area contributed by atoms with Gasteiger partial charge in [0.15, 0.2) is 0 Å². The Morgan fingerprint density at radius 3 is 2.47 bits per heavy atom. The number of hydrogen-bond donors (Lipinski definition) is 0. The van der Waals surface area contributed by atoms with Gasteiger partial charge in [-0.1, -0.05) is 0 Å². The Morgan fingerprint density at radius 1 is 1.29 bits per heavy atom. The van der Waals surface area contributed by atoms with E-state index in [-0.39, 0.29) is 18.7 Å². The molecule has 0 spiro atoms. The smallest absolute Gasteiger partial charge is 0.301 e. The summed E-state index contributed by atoms with van der Waals surface area (Å²) in [5.41, 5.74) is -0.790. The van der Waals surface area contributed by atoms with Crippen molar-refractivity contribution in [3.8, 4) is 0 Å². The maximum absolute atomic E-state index is 11.8. The van der Waals surface area contributed by atoms with E-state index < -0.39 is 21.1 Å². The van der Waals surface area contributed by atoms with Gasteiger partial charge in [-0.15, -0.1) is 0 Å². The highest BCUT2D eigenvalue weighted by molar-refractivity contribution is 7.90. The largest absolute Gasteiger partial charge is 0.330 e. The van der Waals surface area contributed by atoms with Gasteiger partial charge in [0.2, 0.25) is 0 Å². The predicted octanol–water partition coefficient (Wildman–Crippen LogP) is -0.535. The Labute approximate surface area is 99.4 Å². The first-order chi connectivity index (χ1) is 7.85. The monoisotopic (exact) mass is 260 g/mol. The minimum absolute atomic E-state index is 0.0279. The van der Waals surface area contributed by atoms with E-state index in [1.807, 2.05) is 0 Å². The summed E-state index contributed by atoms with van der Waals surface area (Å²) < 4.78 is 24.4. The zero-order valence-corrected chi connectivity index (χ0v) is 10.7. The van der Waals surface area contributed by atoms with E-state index in [4.69, 9.17) is 0 Å². The standard InChI is InChI=1S/C10H16N2O4S/c1-3-11-7-5-9(13)12(10(11)14)6-4-8-17(2,15)16/h5,7H,3-4,6,8H2,1-2H3. The molecule has 0 bridgehead atoms. The number of sulfone groups is 1. The van der Waals surface area contributed by atoms with Crippen LogP contribution in [0.5, 0.6) is 0 Å². The minimum Gasteiger partial charge on any atom is -0.301 e. The van der Waals surface area contributed by atoms with E-state index in [0.717, 1.165) is 10.8 Å². The fourth-order valence-corrected chi connectivity index (χ4v) is 2.14. The second-order valence-electron chi connectivity index (χ2n) is 3.86. The van der Waals surface area contributed by atoms with Gasteiger partial charge in [-0.3, -0.25) is 9.36 Å². The number of rotatable bonds is 5. The zero-order valence-electron chi connectivity index (χ0n) is 9.92. The van der Waals surface area contributed by atoms with Gasteiger partial charge in [0.25, 0.3) is 5.56 Å². The van der Waals surface area contributed by atoms with E-state index in [1.165, 1.54) is 16.8 Å². The summed E-state index contributed by atoms with van der Waals surface area (Å²) in [6.45, 7) is 2.41. The molecule has 0 aliphatic rings. The number of aryl methyl sites for hydroxylation is 1. The molecule has 0 atom stereocenters. The summed E-state index contributed by atoms with van der Waals surface area (Å²) in [5, 5.41) is 0. The van der Waals surface area contributed by atoms with Gasteiger partial charge in [-0.05, 0) is 13.3 Å². The lowest BCUT2D eigenvalue weighted by atomic mass is 10.4. The molecule has 0 amide bonds. The summed E-state index contributed by atoms with van der Waals surface area (Å²) >= 11 is 0. The van der Waals surface area contributed by atoms with Crippen LogP contribution in [0.3, 0.4) is 0 Å². The molecule has 0 N–H and O–H groups in total. The van der Waals surface area contributed by atoms with Gasteiger partial charge in [-0.2, -0.15) is 0 Å². The molecule has 1 rings (SSSR count). The fourth-order valence-electron chi connectivity index (χ4n) is 1.49. The third-order valence-electron chi connectivity index (χ3n) is 2.38. The fraction of sp³-hybridized carbons (Fsp3) is 0.600. The lowest BCUT2D eigenvalue weighted by Gasteiger charge is -2.07. The molecule has 1 aromatic heterocycles. The van der Waals surface area contributed by atoms with Crippen LogP contribution in [-0.2, 0) is 22.9 Å². The van der Waals surface area contributed by atoms with Crippen molar-refractivity contribution >= 4 is 9.84 Å². The Bertz CT molecular complexity index is 597. The van der Waals surface area contributed by atoms with Gasteiger partial charge in [0.05, 0.1) is 5.75 Å². The van der Waals surface area contributed by atoms with Crippen molar-refractivity contribution in [1.29, 1.82) is 0 Å². The summed E-state index contributed by atoms with van der Waals surface area (Å²) in [5.74, 6) is -0.0279. The average Bonchev–Trinajstić information content (AvgIpc) is 2.21. The molecule has 96 valence electrons. The highest BCUT2D eigenvalue weighted by atomic mass is 32.2. The SMILES string of the molecule is CCn1ccc(=O)n(CCCS(C)(=O)=O)c1=O. The van der Waals surface area contributed by atoms with Gasteiger partial charge in [0.1, 0.15) is 9.84 Å². The van der Waals surface area contributed by atoms with Crippen LogP contribution in [0.2, 0.25) is 0 Å². The van der Waals surface area contributed by atoms with Gasteiger partial charge in [-0.25, -0.2) is 13.2 Å². The van der Waals surface area contributed by atoms with Gasteiger partial charge in [0, 0.05) is 31.6 Å². The van der Waals surface area contributed by atoms with Crippen molar-refractivity contribution < 1.29 is 8.42 Å². The van der Waals surface area contributed by atoms with Crippen LogP contribution in [0, 0.1) is 0 Å². The first-order valence-corrected chi connectivity index (χ1v) is 7.39. The molecule has 7 heteroatoms. The van der Waals surface area contributed by atoms with E-state index in [1.54, 1.807) is 6.92 Å². The summed E-state index contributed by atoms with van der Waals surface area (Å²) in [6, 6.07) is 1.31. The van der Waals surface area contributed by atoms with Crippen LogP contribution in [0.1, 0.15) is 13.3 Å². The second-order valence-corrected chi connectivity index (χ2v) is 6.12. The number of hydrogen-bond acceptors (Lipinski definition) is 4. The second kappa shape index (κ2) is 5.31. The molecular formula is C10H16N2O4S. The van der Waals surface area contributed by atoms with E-state index >= 15 is 0 Å². The Balaban J connectivity index is 2.92. The molecule has 1 heterocycles. The number of nitrogens with zero attached hydrogens (tertiary/aromatic N) is 2. The van der Waals surface area contributed by atoms with Crippen molar-refractivity contribution in [3.63, 3.8) is 0 Å². The van der Waals surface area contributed by atoms with Crippen LogP contribution >= 0.6 is 0 Å². The van der Waals surface area contributed by atoms with Crippen LogP contribution in [0.4, 0.5) is 0 Å². The van der Waals surface area contributed by atoms with E-state index in [9.17, 15) is 18.0 Å². The average molecular weight is 260 g/mol. The van der Waals surface area contributed by atoms with Crippen molar-refractivity contribution in [3.05, 3.63) is 33.1 Å². The molecule has 0 aliphatic heterocycles. The Kier molecular flexibility index (Phi) is 4.28. The highest BCUT2D eigenvalue weighted by Crippen LogP contribution is 1.90. The maximum Gasteiger partial charge on any atom is 0.330 e. The molecule has 1 aromatic rings. The lowest BCUT2D eigenvalue weighted by Crippen LogP contribution is -2.39. The lowest BCUT2D eigenvalue weighted by molar-refractivity contribution is 0.551. The minimum atomic E-state index is -3.06. The van der Waals surface area contributed by atoms with Crippen molar-refractivity contribution in [1.82, 2.24) is 9.13 Å². The van der Waals surface area contributed by atoms with Crippen molar-refractivity contribution in [2.45, 2.75) is 26.4 Å². The topological polar surface area (TPSA) is 78.1 Å². The number of aromatic nitrogens is 2. The maximum atomic E-state index is 11.8. The first-order valence-electron chi connectivity index (χ1n) is 5.33. The molecule has 0 aromatic carbocycles. The third kappa shape index (κ3) is 3.85. The van der Waals surface area contributed by atoms with E-state index in [2.05, 4.69) is 0 Å². The normalized spacial score (nSPS) is 11.6. The molecule has 0 unspecified atom stereocenters. The molecule has 17 heavy (non-hydrogen) atoms. The highest BCUT2D eigenvalue weighted by Gasteiger charge is 2.06. The van der Waals surface area contributed by atoms with Crippen molar-refractivity contribution in [2.24, 2.45) is 0 Å². The third-order valence-corrected chi connectivity index (χ3v) is 3.41. The summed E-state index contributed by atoms with van der Waals surface area (Å²) in [6.07, 6.45) is 2.84. The molecule has 0 saturated carbocycles. The zero-order chi connectivity index (χ0) is 13.1. The Hall–Kier alpha value is -1.37. The molecular weight excluding hydrogens is 244 g/mol. The van der Waals surface area contributed by atoms with Crippen LogP contribution in [0.25, 0.3) is 0 Å².